The minimum atomic E-state index is -4.47. The summed E-state index contributed by atoms with van der Waals surface area (Å²) in [6.45, 7) is -1.33. The van der Waals surface area contributed by atoms with Crippen molar-refractivity contribution in [1.29, 1.82) is 0 Å². The average Bonchev–Trinajstić information content (AvgIpc) is 3.53. The van der Waals surface area contributed by atoms with Crippen LogP contribution in [0.5, 0.6) is 0 Å². The molecule has 3 N–H and O–H groups in total. The third-order valence-electron chi connectivity index (χ3n) is 5.52. The summed E-state index contributed by atoms with van der Waals surface area (Å²) in [4.78, 5) is 24.8. The molecule has 5 aromatic rings. The summed E-state index contributed by atoms with van der Waals surface area (Å²) in [5.74, 6) is 0.307. The predicted molar refractivity (Wildman–Crippen MR) is 130 cm³/mol. The van der Waals surface area contributed by atoms with Gasteiger partial charge in [0.25, 0.3) is 5.91 Å². The summed E-state index contributed by atoms with van der Waals surface area (Å²) in [6, 6.07) is 16.4. The van der Waals surface area contributed by atoms with Crippen LogP contribution in [0.4, 0.5) is 24.7 Å². The van der Waals surface area contributed by atoms with E-state index in [-0.39, 0.29) is 5.69 Å². The van der Waals surface area contributed by atoms with Gasteiger partial charge in [0.05, 0.1) is 6.20 Å². The zero-order chi connectivity index (χ0) is 25.3. The maximum absolute atomic E-state index is 12.6. The van der Waals surface area contributed by atoms with Gasteiger partial charge in [-0.05, 0) is 48.0 Å². The molecule has 8 nitrogen and oxygen atoms in total. The number of hydrogen-bond acceptors (Lipinski definition) is 5. The number of aromatic nitrogens is 5. The Kier molecular flexibility index (Phi) is 5.88. The minimum absolute atomic E-state index is 0.0732. The van der Waals surface area contributed by atoms with Gasteiger partial charge in [0, 0.05) is 47.2 Å². The van der Waals surface area contributed by atoms with Crippen molar-refractivity contribution in [1.82, 2.24) is 30.0 Å². The quantitative estimate of drug-likeness (QED) is 0.296. The van der Waals surface area contributed by atoms with E-state index >= 15 is 0 Å². The number of anilines is 2. The number of H-pyrrole nitrogens is 2. The van der Waals surface area contributed by atoms with E-state index in [2.05, 4.69) is 30.5 Å². The van der Waals surface area contributed by atoms with Gasteiger partial charge < -0.3 is 15.2 Å². The number of fused-ring (bicyclic) bond motifs is 1. The molecule has 5 rings (SSSR count). The van der Waals surface area contributed by atoms with Crippen LogP contribution in [0.1, 0.15) is 10.5 Å². The van der Waals surface area contributed by atoms with Crippen molar-refractivity contribution in [3.05, 3.63) is 78.9 Å². The lowest BCUT2D eigenvalue weighted by Crippen LogP contribution is -2.35. The molecule has 0 saturated heterocycles. The molecular weight excluding hydrogens is 471 g/mol. The molecule has 0 aliphatic rings. The molecule has 2 aromatic carbocycles. The lowest BCUT2D eigenvalue weighted by Gasteiger charge is -2.17. The van der Waals surface area contributed by atoms with Crippen LogP contribution >= 0.6 is 0 Å². The van der Waals surface area contributed by atoms with Crippen LogP contribution in [0, 0.1) is 0 Å². The Bertz CT molecular complexity index is 1510. The molecule has 0 fully saturated rings. The van der Waals surface area contributed by atoms with E-state index in [1.807, 2.05) is 30.5 Å². The highest BCUT2D eigenvalue weighted by molar-refractivity contribution is 5.98. The maximum atomic E-state index is 12.6. The Balaban J connectivity index is 1.34. The molecule has 3 heterocycles. The lowest BCUT2D eigenvalue weighted by molar-refractivity contribution is -0.138. The Morgan fingerprint density at radius 3 is 2.53 bits per heavy atom. The van der Waals surface area contributed by atoms with Crippen LogP contribution in [-0.4, -0.2) is 55.7 Å². The van der Waals surface area contributed by atoms with Gasteiger partial charge >= 0.3 is 6.18 Å². The number of carbonyl (C=O) groups excluding carboxylic acids is 1. The molecule has 11 heteroatoms. The fraction of sp³-hybridized carbons (Fsp3) is 0.120. The first-order valence-electron chi connectivity index (χ1n) is 10.9. The Morgan fingerprint density at radius 1 is 1.03 bits per heavy atom. The molecule has 0 radical (unpaired) electrons. The van der Waals surface area contributed by atoms with Crippen LogP contribution in [0.2, 0.25) is 0 Å². The summed E-state index contributed by atoms with van der Waals surface area (Å²) >= 11 is 0. The maximum Gasteiger partial charge on any atom is 0.406 e. The van der Waals surface area contributed by atoms with Crippen LogP contribution in [-0.2, 0) is 0 Å². The Hall–Kier alpha value is -4.67. The second-order valence-corrected chi connectivity index (χ2v) is 8.22. The third kappa shape index (κ3) is 5.04. The summed E-state index contributed by atoms with van der Waals surface area (Å²) in [6.07, 6.45) is 0.731. The van der Waals surface area contributed by atoms with Crippen molar-refractivity contribution in [3.8, 4) is 22.5 Å². The second-order valence-electron chi connectivity index (χ2n) is 8.22. The number of benzene rings is 2. The standard InChI is InChI=1S/C25H20F3N7O/c1-35(14-25(26,27)28)24(36)21-11-17-10-16(4-7-20(17)33-21)23-29-9-8-22(34-23)32-19-5-2-15(3-6-19)18-12-30-31-13-18/h2-13,33H,14H2,1H3,(H,30,31)(H,29,32,34). The predicted octanol–water partition coefficient (Wildman–Crippen LogP) is 5.39. The summed E-state index contributed by atoms with van der Waals surface area (Å²) in [5, 5.41) is 10.7. The van der Waals surface area contributed by atoms with Crippen molar-refractivity contribution in [2.24, 2.45) is 0 Å². The number of aromatic amines is 2. The molecule has 36 heavy (non-hydrogen) atoms. The third-order valence-corrected chi connectivity index (χ3v) is 5.52. The van der Waals surface area contributed by atoms with E-state index in [9.17, 15) is 18.0 Å². The van der Waals surface area contributed by atoms with E-state index < -0.39 is 18.6 Å². The van der Waals surface area contributed by atoms with Gasteiger partial charge in [0.2, 0.25) is 0 Å². The first-order valence-corrected chi connectivity index (χ1v) is 10.9. The van der Waals surface area contributed by atoms with Gasteiger partial charge in [-0.15, -0.1) is 0 Å². The fourth-order valence-electron chi connectivity index (χ4n) is 3.80. The number of nitrogens with one attached hydrogen (secondary N) is 3. The SMILES string of the molecule is CN(CC(F)(F)F)C(=O)c1cc2cc(-c3nccc(Nc4ccc(-c5cn[nH]c5)cc4)n3)ccc2[nH]1. The summed E-state index contributed by atoms with van der Waals surface area (Å²) < 4.78 is 37.9. The molecule has 0 bridgehead atoms. The fourth-order valence-corrected chi connectivity index (χ4v) is 3.80. The molecule has 0 aliphatic carbocycles. The molecule has 1 amide bonds. The van der Waals surface area contributed by atoms with E-state index in [0.29, 0.717) is 33.0 Å². The summed E-state index contributed by atoms with van der Waals surface area (Å²) in [7, 11) is 1.12. The van der Waals surface area contributed by atoms with Gasteiger partial charge in [-0.2, -0.15) is 18.3 Å². The summed E-state index contributed by atoms with van der Waals surface area (Å²) in [5.41, 5.74) is 4.25. The van der Waals surface area contributed by atoms with Crippen molar-refractivity contribution >= 4 is 28.3 Å². The Morgan fingerprint density at radius 2 is 1.81 bits per heavy atom. The average molecular weight is 491 g/mol. The lowest BCUT2D eigenvalue weighted by atomic mass is 10.1. The van der Waals surface area contributed by atoms with Crippen LogP contribution in [0.3, 0.4) is 0 Å². The highest BCUT2D eigenvalue weighted by Crippen LogP contribution is 2.26. The van der Waals surface area contributed by atoms with Crippen molar-refractivity contribution in [2.75, 3.05) is 18.9 Å². The van der Waals surface area contributed by atoms with Crippen LogP contribution in [0.25, 0.3) is 33.4 Å². The monoisotopic (exact) mass is 491 g/mol. The van der Waals surface area contributed by atoms with Crippen molar-refractivity contribution < 1.29 is 18.0 Å². The molecule has 0 spiro atoms. The molecule has 0 saturated carbocycles. The molecule has 0 unspecified atom stereocenters. The van der Waals surface area contributed by atoms with Gasteiger partial charge in [-0.3, -0.25) is 9.89 Å². The minimum Gasteiger partial charge on any atom is -0.351 e. The largest absolute Gasteiger partial charge is 0.406 e. The second kappa shape index (κ2) is 9.17. The first kappa shape index (κ1) is 23.1. The number of rotatable bonds is 6. The van der Waals surface area contributed by atoms with E-state index in [1.165, 1.54) is 6.07 Å². The normalized spacial score (nSPS) is 11.6. The van der Waals surface area contributed by atoms with Gasteiger partial charge in [-0.25, -0.2) is 9.97 Å². The smallest absolute Gasteiger partial charge is 0.351 e. The first-order chi connectivity index (χ1) is 17.2. The number of alkyl halides is 3. The number of carbonyl (C=O) groups is 1. The number of halogens is 3. The van der Waals surface area contributed by atoms with Crippen molar-refractivity contribution in [3.63, 3.8) is 0 Å². The topological polar surface area (TPSA) is 103 Å². The van der Waals surface area contributed by atoms with Gasteiger partial charge in [0.1, 0.15) is 18.1 Å². The van der Waals surface area contributed by atoms with Crippen LogP contribution in [0.15, 0.2) is 73.2 Å². The number of amides is 1. The zero-order valence-electron chi connectivity index (χ0n) is 19.0. The molecule has 3 aromatic heterocycles. The zero-order valence-corrected chi connectivity index (χ0v) is 19.0. The van der Waals surface area contributed by atoms with Crippen LogP contribution < -0.4 is 5.32 Å². The van der Waals surface area contributed by atoms with Gasteiger partial charge in [0.15, 0.2) is 5.82 Å². The highest BCUT2D eigenvalue weighted by Gasteiger charge is 2.31. The number of nitrogens with zero attached hydrogens (tertiary/aromatic N) is 4. The molecule has 182 valence electrons. The van der Waals surface area contributed by atoms with E-state index in [1.54, 1.807) is 36.7 Å². The molecule has 0 atom stereocenters. The highest BCUT2D eigenvalue weighted by atomic mass is 19.4. The Labute approximate surface area is 203 Å². The number of hydrogen-bond donors (Lipinski definition) is 3. The molecule has 0 aliphatic heterocycles. The van der Waals surface area contributed by atoms with Crippen molar-refractivity contribution in [2.45, 2.75) is 6.18 Å². The van der Waals surface area contributed by atoms with E-state index in [0.717, 1.165) is 23.9 Å². The van der Waals surface area contributed by atoms with E-state index in [4.69, 9.17) is 0 Å². The molecular formula is C25H20F3N7O. The van der Waals surface area contributed by atoms with Gasteiger partial charge in [-0.1, -0.05) is 12.1 Å².